The average molecular weight is 405 g/mol. The van der Waals surface area contributed by atoms with Gasteiger partial charge >= 0.3 is 6.03 Å². The van der Waals surface area contributed by atoms with Crippen LogP contribution in [0.1, 0.15) is 72.2 Å². The van der Waals surface area contributed by atoms with Crippen LogP contribution in [0.25, 0.3) is 0 Å². The van der Waals surface area contributed by atoms with Crippen LogP contribution in [0, 0.1) is 0 Å². The average Bonchev–Trinajstić information content (AvgIpc) is 2.61. The highest BCUT2D eigenvalue weighted by Crippen LogP contribution is 2.27. The number of nitrogens with two attached hydrogens (primary N) is 1. The molecule has 0 fully saturated rings. The standard InChI is InChI=1S/C20H32N6OS/c1-19(2,3)15-11-16(20(4,5)6)24-17(23-15)25-18(27)26-28-14(12-21)13-9-7-8-10-22-13/h11-12H,7-10,21H2,1-6H3,(H2,23,24,25,26,27). The van der Waals surface area contributed by atoms with Crippen LogP contribution in [0.4, 0.5) is 10.7 Å². The third kappa shape index (κ3) is 6.22. The first-order chi connectivity index (χ1) is 13.0. The van der Waals surface area contributed by atoms with Crippen molar-refractivity contribution in [1.82, 2.24) is 14.7 Å². The predicted molar refractivity (Wildman–Crippen MR) is 118 cm³/mol. The molecular weight excluding hydrogens is 372 g/mol. The van der Waals surface area contributed by atoms with E-state index in [0.717, 1.165) is 59.8 Å². The Labute approximate surface area is 172 Å². The van der Waals surface area contributed by atoms with Crippen molar-refractivity contribution in [2.24, 2.45) is 10.7 Å². The van der Waals surface area contributed by atoms with E-state index in [4.69, 9.17) is 5.73 Å². The molecular formula is C20H32N6OS. The van der Waals surface area contributed by atoms with Crippen LogP contribution < -0.4 is 15.8 Å². The summed E-state index contributed by atoms with van der Waals surface area (Å²) in [6.07, 6.45) is 4.55. The quantitative estimate of drug-likeness (QED) is 0.650. The Balaban J connectivity index is 2.11. The number of aromatic nitrogens is 2. The van der Waals surface area contributed by atoms with Crippen molar-refractivity contribution in [2.75, 3.05) is 11.9 Å². The molecule has 154 valence electrons. The number of amides is 2. The SMILES string of the molecule is CC(C)(C)c1cc(C(C)(C)C)nc(NC(=O)NSC(=CN)C2=NCCCC2)n1. The number of hydrogen-bond acceptors (Lipinski definition) is 6. The van der Waals surface area contributed by atoms with Crippen LogP contribution in [0.3, 0.4) is 0 Å². The number of carbonyl (C=O) groups excluding carboxylic acids is 1. The van der Waals surface area contributed by atoms with Gasteiger partial charge in [0, 0.05) is 23.6 Å². The van der Waals surface area contributed by atoms with E-state index in [2.05, 4.69) is 66.5 Å². The minimum Gasteiger partial charge on any atom is -0.404 e. The second-order valence-corrected chi connectivity index (χ2v) is 9.78. The fourth-order valence-electron chi connectivity index (χ4n) is 2.59. The van der Waals surface area contributed by atoms with E-state index < -0.39 is 6.03 Å². The van der Waals surface area contributed by atoms with E-state index in [1.807, 2.05) is 6.07 Å². The molecule has 8 heteroatoms. The third-order valence-electron chi connectivity index (χ3n) is 4.30. The van der Waals surface area contributed by atoms with Crippen molar-refractivity contribution < 1.29 is 4.79 Å². The third-order valence-corrected chi connectivity index (χ3v) is 5.18. The minimum absolute atomic E-state index is 0.154. The smallest absolute Gasteiger partial charge is 0.331 e. The predicted octanol–water partition coefficient (Wildman–Crippen LogP) is 4.27. The van der Waals surface area contributed by atoms with Crippen molar-refractivity contribution in [3.8, 4) is 0 Å². The number of urea groups is 1. The Bertz CT molecular complexity index is 742. The summed E-state index contributed by atoms with van der Waals surface area (Å²) in [5.74, 6) is 0.295. The molecule has 0 saturated heterocycles. The van der Waals surface area contributed by atoms with Gasteiger partial charge in [-0.25, -0.2) is 14.8 Å². The number of allylic oxidation sites excluding steroid dienone is 1. The van der Waals surface area contributed by atoms with Gasteiger partial charge in [0.15, 0.2) is 0 Å². The molecule has 0 aliphatic carbocycles. The molecule has 2 rings (SSSR count). The lowest BCUT2D eigenvalue weighted by Gasteiger charge is -2.24. The molecule has 2 amide bonds. The lowest BCUT2D eigenvalue weighted by atomic mass is 9.87. The van der Waals surface area contributed by atoms with Crippen molar-refractivity contribution in [3.05, 3.63) is 28.6 Å². The van der Waals surface area contributed by atoms with Crippen LogP contribution in [0.15, 0.2) is 22.2 Å². The fraction of sp³-hybridized carbons (Fsp3) is 0.600. The first kappa shape index (κ1) is 22.2. The summed E-state index contributed by atoms with van der Waals surface area (Å²) < 4.78 is 2.75. The topological polar surface area (TPSA) is 105 Å². The molecule has 0 radical (unpaired) electrons. The highest BCUT2D eigenvalue weighted by Gasteiger charge is 2.23. The monoisotopic (exact) mass is 404 g/mol. The number of rotatable bonds is 4. The van der Waals surface area contributed by atoms with Crippen molar-refractivity contribution in [1.29, 1.82) is 0 Å². The lowest BCUT2D eigenvalue weighted by Crippen LogP contribution is -2.27. The molecule has 1 aromatic heterocycles. The number of nitrogens with zero attached hydrogens (tertiary/aromatic N) is 3. The van der Waals surface area contributed by atoms with E-state index in [0.29, 0.717) is 5.95 Å². The van der Waals surface area contributed by atoms with Crippen LogP contribution in [-0.2, 0) is 10.8 Å². The zero-order valence-electron chi connectivity index (χ0n) is 17.7. The number of aliphatic imine (C=N–C) groups is 1. The van der Waals surface area contributed by atoms with Gasteiger partial charge < -0.3 is 5.73 Å². The van der Waals surface area contributed by atoms with Crippen LogP contribution >= 0.6 is 11.9 Å². The summed E-state index contributed by atoms with van der Waals surface area (Å²) in [5.41, 5.74) is 8.12. The second-order valence-electron chi connectivity index (χ2n) is 8.94. The number of carbonyl (C=O) groups is 1. The fourth-order valence-corrected chi connectivity index (χ4v) is 3.19. The first-order valence-electron chi connectivity index (χ1n) is 9.60. The van der Waals surface area contributed by atoms with Gasteiger partial charge in [-0.05, 0) is 37.3 Å². The van der Waals surface area contributed by atoms with Crippen LogP contribution in [0.5, 0.6) is 0 Å². The van der Waals surface area contributed by atoms with E-state index in [-0.39, 0.29) is 10.8 Å². The van der Waals surface area contributed by atoms with Gasteiger partial charge in [-0.15, -0.1) is 0 Å². The normalized spacial score (nSPS) is 15.8. The Kier molecular flexibility index (Phi) is 7.09. The zero-order chi connectivity index (χ0) is 20.9. The summed E-state index contributed by atoms with van der Waals surface area (Å²) in [6, 6.07) is 1.61. The van der Waals surface area contributed by atoms with Crippen LogP contribution in [-0.4, -0.2) is 28.3 Å². The lowest BCUT2D eigenvalue weighted by molar-refractivity contribution is 0.257. The maximum Gasteiger partial charge on any atom is 0.331 e. The highest BCUT2D eigenvalue weighted by atomic mass is 32.2. The van der Waals surface area contributed by atoms with Gasteiger partial charge in [-0.3, -0.25) is 15.0 Å². The van der Waals surface area contributed by atoms with E-state index in [1.165, 1.54) is 6.20 Å². The molecule has 1 aliphatic heterocycles. The molecule has 2 heterocycles. The molecule has 7 nitrogen and oxygen atoms in total. The van der Waals surface area contributed by atoms with Gasteiger partial charge in [-0.1, -0.05) is 41.5 Å². The summed E-state index contributed by atoms with van der Waals surface area (Å²) >= 11 is 1.16. The van der Waals surface area contributed by atoms with Crippen molar-refractivity contribution in [3.63, 3.8) is 0 Å². The summed E-state index contributed by atoms with van der Waals surface area (Å²) in [5, 5.41) is 2.75. The molecule has 0 aromatic carbocycles. The molecule has 0 spiro atoms. The Hall–Kier alpha value is -2.09. The Morgan fingerprint density at radius 3 is 2.18 bits per heavy atom. The van der Waals surface area contributed by atoms with Gasteiger partial charge in [0.1, 0.15) is 0 Å². The number of hydrogen-bond donors (Lipinski definition) is 3. The van der Waals surface area contributed by atoms with Gasteiger partial charge in [0.05, 0.1) is 22.0 Å². The summed E-state index contributed by atoms with van der Waals surface area (Å²) in [6.45, 7) is 13.3. The molecule has 1 aromatic rings. The maximum absolute atomic E-state index is 12.4. The van der Waals surface area contributed by atoms with Crippen molar-refractivity contribution >= 4 is 29.6 Å². The molecule has 0 unspecified atom stereocenters. The van der Waals surface area contributed by atoms with Gasteiger partial charge in [-0.2, -0.15) is 0 Å². The van der Waals surface area contributed by atoms with Crippen molar-refractivity contribution in [2.45, 2.75) is 71.6 Å². The highest BCUT2D eigenvalue weighted by molar-refractivity contribution is 8.02. The molecule has 0 saturated carbocycles. The largest absolute Gasteiger partial charge is 0.404 e. The Morgan fingerprint density at radius 1 is 1.11 bits per heavy atom. The summed E-state index contributed by atoms with van der Waals surface area (Å²) in [4.78, 5) is 26.8. The molecule has 28 heavy (non-hydrogen) atoms. The van der Waals surface area contributed by atoms with Gasteiger partial charge in [0.25, 0.3) is 0 Å². The van der Waals surface area contributed by atoms with E-state index >= 15 is 0 Å². The number of anilines is 1. The minimum atomic E-state index is -0.397. The molecule has 1 aliphatic rings. The first-order valence-corrected chi connectivity index (χ1v) is 10.4. The Morgan fingerprint density at radius 2 is 1.71 bits per heavy atom. The second kappa shape index (κ2) is 8.94. The van der Waals surface area contributed by atoms with E-state index in [1.54, 1.807) is 0 Å². The molecule has 0 atom stereocenters. The molecule has 4 N–H and O–H groups in total. The number of nitrogens with one attached hydrogen (secondary N) is 2. The van der Waals surface area contributed by atoms with E-state index in [9.17, 15) is 4.79 Å². The summed E-state index contributed by atoms with van der Waals surface area (Å²) in [7, 11) is 0. The zero-order valence-corrected chi connectivity index (χ0v) is 18.5. The molecule has 0 bridgehead atoms. The van der Waals surface area contributed by atoms with Crippen LogP contribution in [0.2, 0.25) is 0 Å². The maximum atomic E-state index is 12.4. The van der Waals surface area contributed by atoms with Gasteiger partial charge in [0.2, 0.25) is 5.95 Å².